The molecule has 10 heteroatoms. The average molecular weight is 504 g/mol. The second kappa shape index (κ2) is 10.1. The molecule has 1 aliphatic rings. The smallest absolute Gasteiger partial charge is 0.310 e. The van der Waals surface area contributed by atoms with Crippen LogP contribution < -0.4 is 5.32 Å². The number of halogens is 1. The van der Waals surface area contributed by atoms with Gasteiger partial charge in [-0.05, 0) is 70.7 Å². The molecule has 0 aliphatic heterocycles. The summed E-state index contributed by atoms with van der Waals surface area (Å²) in [6.07, 6.45) is 4.02. The second-order valence-electron chi connectivity index (χ2n) is 9.38. The van der Waals surface area contributed by atoms with Crippen molar-refractivity contribution in [2.75, 3.05) is 11.9 Å². The molecule has 37 heavy (non-hydrogen) atoms. The fourth-order valence-corrected chi connectivity index (χ4v) is 4.43. The quantitative estimate of drug-likeness (QED) is 0.326. The molecular weight excluding hydrogens is 473 g/mol. The van der Waals surface area contributed by atoms with Gasteiger partial charge in [-0.2, -0.15) is 10.2 Å². The van der Waals surface area contributed by atoms with E-state index >= 15 is 0 Å². The number of ether oxygens (including phenoxy) is 1. The lowest BCUT2D eigenvalue weighted by molar-refractivity contribution is -0.142. The van der Waals surface area contributed by atoms with Gasteiger partial charge in [-0.15, -0.1) is 0 Å². The summed E-state index contributed by atoms with van der Waals surface area (Å²) < 4.78 is 22.3. The lowest BCUT2D eigenvalue weighted by atomic mass is 10.1. The molecule has 3 heterocycles. The van der Waals surface area contributed by atoms with E-state index in [4.69, 9.17) is 9.84 Å². The number of anilines is 2. The fourth-order valence-electron chi connectivity index (χ4n) is 4.43. The maximum absolute atomic E-state index is 13.5. The highest BCUT2D eigenvalue weighted by Gasteiger charge is 2.26. The van der Waals surface area contributed by atoms with E-state index in [1.807, 2.05) is 31.5 Å². The van der Waals surface area contributed by atoms with Crippen LogP contribution in [0.15, 0.2) is 36.7 Å². The molecule has 5 rings (SSSR count). The lowest BCUT2D eigenvalue weighted by Gasteiger charge is -2.11. The Morgan fingerprint density at radius 2 is 1.89 bits per heavy atom. The minimum absolute atomic E-state index is 0.160. The van der Waals surface area contributed by atoms with Gasteiger partial charge in [-0.25, -0.2) is 23.7 Å². The molecule has 0 radical (unpaired) electrons. The summed E-state index contributed by atoms with van der Waals surface area (Å²) in [7, 11) is 0. The monoisotopic (exact) mass is 503 g/mol. The summed E-state index contributed by atoms with van der Waals surface area (Å²) in [5.74, 6) is 2.06. The van der Waals surface area contributed by atoms with E-state index in [1.165, 1.54) is 31.3 Å². The number of hydrogen-bond donors (Lipinski definition) is 1. The van der Waals surface area contributed by atoms with Crippen molar-refractivity contribution in [3.05, 3.63) is 65.0 Å². The van der Waals surface area contributed by atoms with Crippen LogP contribution in [0.25, 0.3) is 17.1 Å². The third kappa shape index (κ3) is 5.23. The van der Waals surface area contributed by atoms with Crippen LogP contribution in [0.1, 0.15) is 42.3 Å². The summed E-state index contributed by atoms with van der Waals surface area (Å²) in [6, 6.07) is 8.20. The van der Waals surface area contributed by atoms with Crippen molar-refractivity contribution >= 4 is 17.6 Å². The predicted octanol–water partition coefficient (Wildman–Crippen LogP) is 4.85. The molecule has 9 nitrogen and oxygen atoms in total. The highest BCUT2D eigenvalue weighted by molar-refractivity contribution is 5.73. The van der Waals surface area contributed by atoms with Crippen molar-refractivity contribution in [3.63, 3.8) is 0 Å². The van der Waals surface area contributed by atoms with Gasteiger partial charge in [0.25, 0.3) is 0 Å². The highest BCUT2D eigenvalue weighted by Crippen LogP contribution is 2.35. The molecule has 1 aromatic carbocycles. The Kier molecular flexibility index (Phi) is 6.73. The van der Waals surface area contributed by atoms with Crippen molar-refractivity contribution < 1.29 is 13.9 Å². The van der Waals surface area contributed by atoms with Crippen LogP contribution in [-0.2, 0) is 22.5 Å². The molecule has 0 bridgehead atoms. The van der Waals surface area contributed by atoms with Gasteiger partial charge >= 0.3 is 5.97 Å². The Balaban J connectivity index is 1.46. The van der Waals surface area contributed by atoms with Crippen molar-refractivity contribution in [2.24, 2.45) is 5.92 Å². The molecule has 0 amide bonds. The molecule has 0 spiro atoms. The molecule has 3 aromatic heterocycles. The van der Waals surface area contributed by atoms with Crippen molar-refractivity contribution in [3.8, 4) is 17.1 Å². The molecule has 1 fully saturated rings. The lowest BCUT2D eigenvalue weighted by Crippen LogP contribution is -2.10. The summed E-state index contributed by atoms with van der Waals surface area (Å²) in [6.45, 7) is 8.71. The van der Waals surface area contributed by atoms with Crippen LogP contribution in [-0.4, -0.2) is 42.1 Å². The highest BCUT2D eigenvalue weighted by atomic mass is 19.1. The Bertz CT molecular complexity index is 1440. The van der Waals surface area contributed by atoms with Gasteiger partial charge in [0, 0.05) is 35.0 Å². The molecule has 0 unspecified atom stereocenters. The minimum atomic E-state index is -0.283. The molecule has 1 N–H and O–H groups in total. The number of esters is 1. The standard InChI is InChI=1S/C27H30FN7O2/c1-5-37-25(36)12-22-17(3)32-35(18(22)4)24-13-23(29-15-30-24)31-27-16(2)26(20-8-10-21(28)11-9-20)33-34(27)14-19-6-7-19/h8-11,13,15,19H,5-7,12,14H2,1-4H3,(H,29,30,31). The number of carbonyl (C=O) groups is 1. The van der Waals surface area contributed by atoms with Crippen molar-refractivity contribution in [1.82, 2.24) is 29.5 Å². The van der Waals surface area contributed by atoms with Crippen LogP contribution in [0.5, 0.6) is 0 Å². The van der Waals surface area contributed by atoms with Crippen LogP contribution in [0.4, 0.5) is 16.0 Å². The molecule has 192 valence electrons. The first-order chi connectivity index (χ1) is 17.8. The normalized spacial score (nSPS) is 13.1. The van der Waals surface area contributed by atoms with Gasteiger partial charge < -0.3 is 10.1 Å². The SMILES string of the molecule is CCOC(=O)Cc1c(C)nn(-c2cc(Nc3c(C)c(-c4ccc(F)cc4)nn3CC3CC3)ncn2)c1C. The first kappa shape index (κ1) is 24.6. The maximum Gasteiger partial charge on any atom is 0.310 e. The van der Waals surface area contributed by atoms with E-state index in [0.717, 1.165) is 46.1 Å². The van der Waals surface area contributed by atoms with Crippen molar-refractivity contribution in [1.29, 1.82) is 0 Å². The number of nitrogens with zero attached hydrogens (tertiary/aromatic N) is 6. The number of aryl methyl sites for hydroxylation is 1. The minimum Gasteiger partial charge on any atom is -0.466 e. The van der Waals surface area contributed by atoms with E-state index in [9.17, 15) is 9.18 Å². The van der Waals surface area contributed by atoms with Crippen LogP contribution in [0.2, 0.25) is 0 Å². The third-order valence-corrected chi connectivity index (χ3v) is 6.62. The van der Waals surface area contributed by atoms with Crippen LogP contribution >= 0.6 is 0 Å². The average Bonchev–Trinajstić information content (AvgIpc) is 3.60. The number of carbonyl (C=O) groups excluding carboxylic acids is 1. The van der Waals surface area contributed by atoms with E-state index in [0.29, 0.717) is 24.2 Å². The van der Waals surface area contributed by atoms with Gasteiger partial charge in [-0.1, -0.05) is 0 Å². The molecule has 0 saturated heterocycles. The Hall–Kier alpha value is -4.08. The van der Waals surface area contributed by atoms with E-state index in [-0.39, 0.29) is 18.2 Å². The molecule has 4 aromatic rings. The topological polar surface area (TPSA) is 99.8 Å². The van der Waals surface area contributed by atoms with Crippen LogP contribution in [0.3, 0.4) is 0 Å². The molecule has 1 saturated carbocycles. The maximum atomic E-state index is 13.5. The number of rotatable bonds is 9. The van der Waals surface area contributed by atoms with E-state index < -0.39 is 0 Å². The Morgan fingerprint density at radius 3 is 2.59 bits per heavy atom. The first-order valence-electron chi connectivity index (χ1n) is 12.5. The molecular formula is C27H30FN7O2. The summed E-state index contributed by atoms with van der Waals surface area (Å²) >= 11 is 0. The number of nitrogens with one attached hydrogen (secondary N) is 1. The van der Waals surface area contributed by atoms with Crippen molar-refractivity contribution in [2.45, 2.75) is 53.5 Å². The summed E-state index contributed by atoms with van der Waals surface area (Å²) in [4.78, 5) is 20.9. The zero-order chi connectivity index (χ0) is 26.1. The van der Waals surface area contributed by atoms with Crippen LogP contribution in [0, 0.1) is 32.5 Å². The molecule has 1 aliphatic carbocycles. The van der Waals surface area contributed by atoms with E-state index in [1.54, 1.807) is 23.7 Å². The number of hydrogen-bond acceptors (Lipinski definition) is 7. The predicted molar refractivity (Wildman–Crippen MR) is 137 cm³/mol. The Labute approximate surface area is 214 Å². The Morgan fingerprint density at radius 1 is 1.14 bits per heavy atom. The number of aromatic nitrogens is 6. The van der Waals surface area contributed by atoms with Gasteiger partial charge in [0.1, 0.15) is 23.8 Å². The van der Waals surface area contributed by atoms with Gasteiger partial charge in [0.15, 0.2) is 5.82 Å². The summed E-state index contributed by atoms with van der Waals surface area (Å²) in [5, 5.41) is 12.9. The summed E-state index contributed by atoms with van der Waals surface area (Å²) in [5.41, 5.74) is 5.02. The van der Waals surface area contributed by atoms with Gasteiger partial charge in [0.05, 0.1) is 24.4 Å². The first-order valence-corrected chi connectivity index (χ1v) is 12.5. The van der Waals surface area contributed by atoms with E-state index in [2.05, 4.69) is 20.4 Å². The third-order valence-electron chi connectivity index (χ3n) is 6.62. The number of benzene rings is 1. The second-order valence-corrected chi connectivity index (χ2v) is 9.38. The molecule has 0 atom stereocenters. The fraction of sp³-hybridized carbons (Fsp3) is 0.370. The largest absolute Gasteiger partial charge is 0.466 e. The zero-order valence-corrected chi connectivity index (χ0v) is 21.5. The van der Waals surface area contributed by atoms with Gasteiger partial charge in [0.2, 0.25) is 0 Å². The zero-order valence-electron chi connectivity index (χ0n) is 21.5. The van der Waals surface area contributed by atoms with Gasteiger partial charge in [-0.3, -0.25) is 4.79 Å².